The van der Waals surface area contributed by atoms with Crippen molar-refractivity contribution in [1.29, 1.82) is 0 Å². The van der Waals surface area contributed by atoms with E-state index in [4.69, 9.17) is 9.72 Å². The van der Waals surface area contributed by atoms with E-state index in [0.717, 1.165) is 60.2 Å². The van der Waals surface area contributed by atoms with E-state index in [-0.39, 0.29) is 21.1 Å². The van der Waals surface area contributed by atoms with Gasteiger partial charge in [-0.1, -0.05) is 94.3 Å². The van der Waals surface area contributed by atoms with E-state index >= 15 is 0 Å². The molecule has 4 aromatic carbocycles. The predicted octanol–water partition coefficient (Wildman–Crippen LogP) is 8.05. The number of hydrogen-bond donors (Lipinski definition) is 0. The molecule has 9 rings (SSSR count). The maximum Gasteiger partial charge on any atom is 2.00 e. The second kappa shape index (κ2) is 9.50. The first-order valence-corrected chi connectivity index (χ1v) is 13.4. The van der Waals surface area contributed by atoms with Crippen molar-refractivity contribution >= 4 is 54.6 Å². The molecule has 0 aliphatic heterocycles. The van der Waals surface area contributed by atoms with Gasteiger partial charge in [0.1, 0.15) is 0 Å². The Morgan fingerprint density at radius 2 is 1.29 bits per heavy atom. The summed E-state index contributed by atoms with van der Waals surface area (Å²) >= 11 is 0. The maximum atomic E-state index is 6.37. The molecule has 0 N–H and O–H groups in total. The molecule has 5 heterocycles. The monoisotopic (exact) mass is 720 g/mol. The molecule has 5 aromatic heterocycles. The molecule has 0 aliphatic carbocycles. The molecule has 0 saturated heterocycles. The number of pyridine rings is 3. The van der Waals surface area contributed by atoms with E-state index < -0.39 is 0 Å². The topological polar surface area (TPSA) is 56.7 Å². The first-order valence-electron chi connectivity index (χ1n) is 13.4. The summed E-state index contributed by atoms with van der Waals surface area (Å²) in [6.45, 7) is 0. The standard InChI is InChI=1S/C35H19N5O.Pt/c1-2-5-22(6-3-1)25-7-4-8-29-27-12-10-24(20-31(27)35-38-16-18-40(35)33(25)29)41-23-9-11-26-28-13-14-36-21-32(28)39-17-15-37-34(39)30(26)19-23;/h1-18,21H;/q-2;+2. The summed E-state index contributed by atoms with van der Waals surface area (Å²) in [7, 11) is 0. The zero-order valence-electron chi connectivity index (χ0n) is 21.9. The average molecular weight is 721 g/mol. The summed E-state index contributed by atoms with van der Waals surface area (Å²) in [4.78, 5) is 13.6. The zero-order chi connectivity index (χ0) is 26.9. The van der Waals surface area contributed by atoms with Gasteiger partial charge < -0.3 is 13.5 Å². The quantitative estimate of drug-likeness (QED) is 0.137. The Morgan fingerprint density at radius 1 is 0.595 bits per heavy atom. The first-order chi connectivity index (χ1) is 20.3. The average Bonchev–Trinajstić information content (AvgIpc) is 3.73. The molecule has 200 valence electrons. The Balaban J connectivity index is 0.00000267. The Morgan fingerprint density at radius 3 is 2.05 bits per heavy atom. The van der Waals surface area contributed by atoms with Crippen LogP contribution in [0.25, 0.3) is 65.8 Å². The Kier molecular flexibility index (Phi) is 5.59. The molecular weight excluding hydrogens is 701 g/mol. The number of para-hydroxylation sites is 1. The van der Waals surface area contributed by atoms with Gasteiger partial charge in [-0.05, 0) is 22.4 Å². The number of hydrogen-bond acceptors (Lipinski definition) is 4. The van der Waals surface area contributed by atoms with Gasteiger partial charge in [0.15, 0.2) is 0 Å². The maximum absolute atomic E-state index is 6.37. The third-order valence-corrected chi connectivity index (χ3v) is 7.79. The molecule has 0 saturated carbocycles. The van der Waals surface area contributed by atoms with E-state index in [9.17, 15) is 0 Å². The van der Waals surface area contributed by atoms with Gasteiger partial charge in [0.25, 0.3) is 0 Å². The molecule has 0 atom stereocenters. The number of aromatic nitrogens is 5. The van der Waals surface area contributed by atoms with Gasteiger partial charge in [0.05, 0.1) is 16.8 Å². The number of imidazole rings is 2. The smallest absolute Gasteiger partial charge is 0.497 e. The molecule has 0 spiro atoms. The van der Waals surface area contributed by atoms with E-state index in [1.807, 2.05) is 59.7 Å². The van der Waals surface area contributed by atoms with Gasteiger partial charge in [0.2, 0.25) is 0 Å². The fourth-order valence-corrected chi connectivity index (χ4v) is 6.02. The van der Waals surface area contributed by atoms with E-state index in [1.54, 1.807) is 6.20 Å². The van der Waals surface area contributed by atoms with E-state index in [2.05, 4.69) is 81.1 Å². The minimum atomic E-state index is 0. The fourth-order valence-electron chi connectivity index (χ4n) is 6.02. The summed E-state index contributed by atoms with van der Waals surface area (Å²) in [6, 6.07) is 33.9. The van der Waals surface area contributed by atoms with Gasteiger partial charge in [-0.2, -0.15) is 0 Å². The fraction of sp³-hybridized carbons (Fsp3) is 0. The largest absolute Gasteiger partial charge is 2.00 e. The van der Waals surface area contributed by atoms with Crippen molar-refractivity contribution in [3.63, 3.8) is 0 Å². The van der Waals surface area contributed by atoms with Crippen molar-refractivity contribution in [1.82, 2.24) is 23.8 Å². The Labute approximate surface area is 254 Å². The van der Waals surface area contributed by atoms with Gasteiger partial charge >= 0.3 is 21.1 Å². The molecule has 6 nitrogen and oxygen atoms in total. The second-order valence-electron chi connectivity index (χ2n) is 10.0. The van der Waals surface area contributed by atoms with Crippen LogP contribution in [0.5, 0.6) is 11.5 Å². The van der Waals surface area contributed by atoms with Crippen molar-refractivity contribution in [3.8, 4) is 22.6 Å². The molecule has 0 amide bonds. The van der Waals surface area contributed by atoms with Gasteiger partial charge in [-0.3, -0.25) is 15.0 Å². The van der Waals surface area contributed by atoms with Crippen LogP contribution in [0.4, 0.5) is 0 Å². The van der Waals surface area contributed by atoms with Crippen LogP contribution >= 0.6 is 0 Å². The van der Waals surface area contributed by atoms with Crippen LogP contribution in [-0.2, 0) is 21.1 Å². The van der Waals surface area contributed by atoms with Crippen LogP contribution in [0.1, 0.15) is 0 Å². The van der Waals surface area contributed by atoms with Crippen molar-refractivity contribution in [2.24, 2.45) is 0 Å². The third kappa shape index (κ3) is 3.59. The summed E-state index contributed by atoms with van der Waals surface area (Å²) < 4.78 is 10.6. The van der Waals surface area contributed by atoms with Gasteiger partial charge in [-0.25, -0.2) is 0 Å². The van der Waals surface area contributed by atoms with Gasteiger partial charge in [0, 0.05) is 59.8 Å². The summed E-state index contributed by atoms with van der Waals surface area (Å²) in [6.07, 6.45) is 11.3. The molecule has 7 heteroatoms. The van der Waals surface area contributed by atoms with Crippen LogP contribution in [0.3, 0.4) is 0 Å². The second-order valence-corrected chi connectivity index (χ2v) is 10.0. The third-order valence-electron chi connectivity index (χ3n) is 7.79. The van der Waals surface area contributed by atoms with Crippen LogP contribution < -0.4 is 4.74 Å². The molecule has 42 heavy (non-hydrogen) atoms. The van der Waals surface area contributed by atoms with Crippen LogP contribution in [0, 0.1) is 12.1 Å². The van der Waals surface area contributed by atoms with Crippen molar-refractivity contribution in [3.05, 3.63) is 128 Å². The Hall–Kier alpha value is -5.06. The predicted molar refractivity (Wildman–Crippen MR) is 161 cm³/mol. The number of fused-ring (bicyclic) bond motifs is 12. The van der Waals surface area contributed by atoms with E-state index in [0.29, 0.717) is 11.5 Å². The van der Waals surface area contributed by atoms with E-state index in [1.165, 1.54) is 5.56 Å². The van der Waals surface area contributed by atoms with Crippen molar-refractivity contribution in [2.45, 2.75) is 0 Å². The molecule has 9 aromatic rings. The Bertz CT molecular complexity index is 2460. The van der Waals surface area contributed by atoms with Crippen LogP contribution in [-0.4, -0.2) is 23.8 Å². The minimum Gasteiger partial charge on any atom is -0.497 e. The van der Waals surface area contributed by atoms with Crippen LogP contribution in [0.15, 0.2) is 116 Å². The molecule has 0 bridgehead atoms. The molecule has 0 fully saturated rings. The normalized spacial score (nSPS) is 11.6. The number of benzene rings is 4. The molecular formula is C35H19N5OPt. The number of nitrogens with zero attached hydrogens (tertiary/aromatic N) is 5. The van der Waals surface area contributed by atoms with Crippen molar-refractivity contribution < 1.29 is 25.8 Å². The first kappa shape index (κ1) is 24.7. The SMILES string of the molecule is [Pt+2].[c-]1c(Oc2[c-]c3c(cc2)c2cccc(-c4ccccc4)c2n2ccnc32)ccc2c1c1nccn1c1cnccc21. The summed E-state index contributed by atoms with van der Waals surface area (Å²) in [5.74, 6) is 1.19. The summed E-state index contributed by atoms with van der Waals surface area (Å²) in [5, 5.41) is 6.14. The minimum absolute atomic E-state index is 0. The van der Waals surface area contributed by atoms with Gasteiger partial charge in [-0.15, -0.1) is 12.1 Å². The molecule has 0 radical (unpaired) electrons. The van der Waals surface area contributed by atoms with Crippen LogP contribution in [0.2, 0.25) is 0 Å². The zero-order valence-corrected chi connectivity index (χ0v) is 24.2. The number of rotatable bonds is 3. The van der Waals surface area contributed by atoms with Crippen molar-refractivity contribution in [2.75, 3.05) is 0 Å². The summed E-state index contributed by atoms with van der Waals surface area (Å²) in [5.41, 5.74) is 6.10. The molecule has 0 aliphatic rings. The number of ether oxygens (including phenoxy) is 1. The molecule has 0 unspecified atom stereocenters.